The Morgan fingerprint density at radius 3 is 2.89 bits per heavy atom. The molecule has 0 bridgehead atoms. The highest BCUT2D eigenvalue weighted by molar-refractivity contribution is 5.66. The van der Waals surface area contributed by atoms with Crippen molar-refractivity contribution in [3.8, 4) is 17.3 Å². The lowest BCUT2D eigenvalue weighted by molar-refractivity contribution is 0.519. The third-order valence-electron chi connectivity index (χ3n) is 3.31. The van der Waals surface area contributed by atoms with Crippen LogP contribution in [0, 0.1) is 17.1 Å². The van der Waals surface area contributed by atoms with Crippen LogP contribution in [-0.4, -0.2) is 9.55 Å². The average molecular weight is 241 g/mol. The van der Waals surface area contributed by atoms with E-state index in [-0.39, 0.29) is 5.82 Å². The number of hydrogen-bond acceptors (Lipinski definition) is 2. The smallest absolute Gasteiger partial charge is 0.148 e. The molecular formula is C14H12FN3. The molecule has 1 aliphatic rings. The van der Waals surface area contributed by atoms with Crippen molar-refractivity contribution in [2.24, 2.45) is 0 Å². The van der Waals surface area contributed by atoms with Gasteiger partial charge in [-0.3, -0.25) is 0 Å². The van der Waals surface area contributed by atoms with Gasteiger partial charge in [0.2, 0.25) is 0 Å². The molecule has 0 N–H and O–H groups in total. The first-order valence-electron chi connectivity index (χ1n) is 6.05. The van der Waals surface area contributed by atoms with Gasteiger partial charge in [-0.2, -0.15) is 5.26 Å². The summed E-state index contributed by atoms with van der Waals surface area (Å²) in [5.41, 5.74) is 1.37. The SMILES string of the molecule is N#Cc1c(-c2ccccc2F)nc2n1CCCC2. The summed E-state index contributed by atoms with van der Waals surface area (Å²) in [6, 6.07) is 8.63. The largest absolute Gasteiger partial charge is 0.319 e. The zero-order chi connectivity index (χ0) is 12.5. The highest BCUT2D eigenvalue weighted by atomic mass is 19.1. The van der Waals surface area contributed by atoms with Crippen molar-refractivity contribution < 1.29 is 4.39 Å². The molecule has 2 aromatic rings. The van der Waals surface area contributed by atoms with Crippen LogP contribution in [0.15, 0.2) is 24.3 Å². The molecule has 0 fully saturated rings. The highest BCUT2D eigenvalue weighted by Crippen LogP contribution is 2.28. The second-order valence-corrected chi connectivity index (χ2v) is 4.43. The number of aromatic nitrogens is 2. The van der Waals surface area contributed by atoms with E-state index in [2.05, 4.69) is 11.1 Å². The van der Waals surface area contributed by atoms with Crippen LogP contribution in [0.4, 0.5) is 4.39 Å². The molecule has 1 aliphatic heterocycles. The topological polar surface area (TPSA) is 41.6 Å². The van der Waals surface area contributed by atoms with Crippen molar-refractivity contribution in [2.45, 2.75) is 25.8 Å². The van der Waals surface area contributed by atoms with E-state index in [1.54, 1.807) is 18.2 Å². The molecule has 1 aromatic carbocycles. The maximum atomic E-state index is 13.8. The van der Waals surface area contributed by atoms with Gasteiger partial charge in [0.05, 0.1) is 0 Å². The quantitative estimate of drug-likeness (QED) is 0.770. The second kappa shape index (κ2) is 4.26. The van der Waals surface area contributed by atoms with E-state index in [4.69, 9.17) is 0 Å². The number of rotatable bonds is 1. The first-order chi connectivity index (χ1) is 8.81. The maximum absolute atomic E-state index is 13.8. The zero-order valence-corrected chi connectivity index (χ0v) is 9.86. The molecule has 18 heavy (non-hydrogen) atoms. The molecule has 3 nitrogen and oxygen atoms in total. The molecule has 1 aromatic heterocycles. The summed E-state index contributed by atoms with van der Waals surface area (Å²) in [4.78, 5) is 4.45. The van der Waals surface area contributed by atoms with Gasteiger partial charge < -0.3 is 4.57 Å². The predicted octanol–water partition coefficient (Wildman–Crippen LogP) is 2.90. The zero-order valence-electron chi connectivity index (χ0n) is 9.86. The van der Waals surface area contributed by atoms with Crippen molar-refractivity contribution in [2.75, 3.05) is 0 Å². The summed E-state index contributed by atoms with van der Waals surface area (Å²) in [6.45, 7) is 0.805. The van der Waals surface area contributed by atoms with Gasteiger partial charge in [0.25, 0.3) is 0 Å². The minimum atomic E-state index is -0.329. The van der Waals surface area contributed by atoms with Gasteiger partial charge in [-0.25, -0.2) is 9.37 Å². The number of imidazole rings is 1. The molecule has 90 valence electrons. The summed E-state index contributed by atoms with van der Waals surface area (Å²) in [6.07, 6.45) is 3.00. The molecule has 2 heterocycles. The van der Waals surface area contributed by atoms with Gasteiger partial charge in [-0.1, -0.05) is 12.1 Å². The summed E-state index contributed by atoms with van der Waals surface area (Å²) in [7, 11) is 0. The van der Waals surface area contributed by atoms with Gasteiger partial charge >= 0.3 is 0 Å². The predicted molar refractivity (Wildman–Crippen MR) is 65.3 cm³/mol. The Labute approximate surface area is 105 Å². The number of halogens is 1. The van der Waals surface area contributed by atoms with Crippen LogP contribution in [0.1, 0.15) is 24.4 Å². The summed E-state index contributed by atoms with van der Waals surface area (Å²) >= 11 is 0. The Morgan fingerprint density at radius 2 is 2.11 bits per heavy atom. The Hall–Kier alpha value is -2.15. The van der Waals surface area contributed by atoms with E-state index < -0.39 is 0 Å². The maximum Gasteiger partial charge on any atom is 0.148 e. The van der Waals surface area contributed by atoms with E-state index >= 15 is 0 Å². The molecule has 3 rings (SSSR count). The highest BCUT2D eigenvalue weighted by Gasteiger charge is 2.21. The Balaban J connectivity index is 2.22. The number of benzene rings is 1. The molecule has 0 amide bonds. The second-order valence-electron chi connectivity index (χ2n) is 4.43. The molecule has 0 atom stereocenters. The van der Waals surface area contributed by atoms with Gasteiger partial charge in [-0.15, -0.1) is 0 Å². The molecule has 0 saturated carbocycles. The van der Waals surface area contributed by atoms with Gasteiger partial charge in [0.1, 0.15) is 29.1 Å². The molecule has 0 spiro atoms. The lowest BCUT2D eigenvalue weighted by atomic mass is 10.1. The van der Waals surface area contributed by atoms with Gasteiger partial charge in [-0.05, 0) is 25.0 Å². The van der Waals surface area contributed by atoms with Crippen LogP contribution in [-0.2, 0) is 13.0 Å². The van der Waals surface area contributed by atoms with Gasteiger partial charge in [0, 0.05) is 18.5 Å². The lowest BCUT2D eigenvalue weighted by Crippen LogP contribution is -2.11. The third kappa shape index (κ3) is 1.60. The fraction of sp³-hybridized carbons (Fsp3) is 0.286. The van der Waals surface area contributed by atoms with E-state index in [1.165, 1.54) is 6.07 Å². The Morgan fingerprint density at radius 1 is 1.28 bits per heavy atom. The van der Waals surface area contributed by atoms with Crippen LogP contribution in [0.2, 0.25) is 0 Å². The standard InChI is InChI=1S/C14H12FN3/c15-11-6-2-1-5-10(11)14-12(9-16)18-8-4-3-7-13(18)17-14/h1-2,5-6H,3-4,7-8H2. The van der Waals surface area contributed by atoms with Crippen molar-refractivity contribution in [1.82, 2.24) is 9.55 Å². The van der Waals surface area contributed by atoms with E-state index in [0.29, 0.717) is 17.0 Å². The third-order valence-corrected chi connectivity index (χ3v) is 3.31. The average Bonchev–Trinajstić information content (AvgIpc) is 2.77. The van der Waals surface area contributed by atoms with Gasteiger partial charge in [0.15, 0.2) is 0 Å². The lowest BCUT2D eigenvalue weighted by Gasteiger charge is -2.13. The first kappa shape index (κ1) is 11.0. The Bertz CT molecular complexity index is 637. The first-order valence-corrected chi connectivity index (χ1v) is 6.05. The molecule has 0 radical (unpaired) electrons. The van der Waals surface area contributed by atoms with Crippen molar-refractivity contribution >= 4 is 0 Å². The van der Waals surface area contributed by atoms with E-state index in [0.717, 1.165) is 31.6 Å². The molecule has 0 saturated heterocycles. The summed E-state index contributed by atoms with van der Waals surface area (Å²) in [5.74, 6) is 0.570. The van der Waals surface area contributed by atoms with Crippen LogP contribution in [0.3, 0.4) is 0 Å². The van der Waals surface area contributed by atoms with Crippen molar-refractivity contribution in [1.29, 1.82) is 5.26 Å². The van der Waals surface area contributed by atoms with E-state index in [9.17, 15) is 9.65 Å². The van der Waals surface area contributed by atoms with Crippen LogP contribution < -0.4 is 0 Å². The number of fused-ring (bicyclic) bond motifs is 1. The van der Waals surface area contributed by atoms with Crippen molar-refractivity contribution in [3.63, 3.8) is 0 Å². The fourth-order valence-electron chi connectivity index (χ4n) is 2.44. The molecule has 0 unspecified atom stereocenters. The molecule has 0 aliphatic carbocycles. The van der Waals surface area contributed by atoms with Crippen LogP contribution in [0.5, 0.6) is 0 Å². The molecular weight excluding hydrogens is 229 g/mol. The van der Waals surface area contributed by atoms with Crippen molar-refractivity contribution in [3.05, 3.63) is 41.6 Å². The normalized spacial score (nSPS) is 14.0. The summed E-state index contributed by atoms with van der Waals surface area (Å²) < 4.78 is 15.7. The molecule has 4 heteroatoms. The van der Waals surface area contributed by atoms with E-state index in [1.807, 2.05) is 4.57 Å². The monoisotopic (exact) mass is 241 g/mol. The fourth-order valence-corrected chi connectivity index (χ4v) is 2.44. The number of hydrogen-bond donors (Lipinski definition) is 0. The number of aryl methyl sites for hydroxylation is 1. The number of nitrogens with zero attached hydrogens (tertiary/aromatic N) is 3. The van der Waals surface area contributed by atoms with Crippen LogP contribution in [0.25, 0.3) is 11.3 Å². The summed E-state index contributed by atoms with van der Waals surface area (Å²) in [5, 5.41) is 9.28. The minimum absolute atomic E-state index is 0.329. The number of nitriles is 1. The minimum Gasteiger partial charge on any atom is -0.319 e. The van der Waals surface area contributed by atoms with Crippen LogP contribution >= 0.6 is 0 Å². The Kier molecular flexibility index (Phi) is 2.60.